The zero-order valence-electron chi connectivity index (χ0n) is 12.9. The summed E-state index contributed by atoms with van der Waals surface area (Å²) in [5.74, 6) is 1.50. The summed E-state index contributed by atoms with van der Waals surface area (Å²) >= 11 is 0. The van der Waals surface area contributed by atoms with E-state index >= 15 is 0 Å². The van der Waals surface area contributed by atoms with Crippen LogP contribution in [0.4, 0.5) is 23.0 Å². The van der Waals surface area contributed by atoms with Gasteiger partial charge < -0.3 is 15.4 Å². The maximum atomic E-state index is 6.27. The van der Waals surface area contributed by atoms with Gasteiger partial charge in [0.1, 0.15) is 12.1 Å². The number of morpholine rings is 1. The van der Waals surface area contributed by atoms with Crippen LogP contribution < -0.4 is 10.6 Å². The molecule has 1 aromatic carbocycles. The van der Waals surface area contributed by atoms with Crippen molar-refractivity contribution in [3.8, 4) is 0 Å². The molecule has 0 amide bonds. The molecular formula is C15H16N8O. The summed E-state index contributed by atoms with van der Waals surface area (Å²) < 4.78 is 7.01. The lowest BCUT2D eigenvalue weighted by Gasteiger charge is -2.28. The Morgan fingerprint density at radius 2 is 1.88 bits per heavy atom. The quantitative estimate of drug-likeness (QED) is 0.738. The van der Waals surface area contributed by atoms with Crippen molar-refractivity contribution >= 4 is 28.8 Å². The summed E-state index contributed by atoms with van der Waals surface area (Å²) in [5, 5.41) is 16.5. The van der Waals surface area contributed by atoms with Crippen molar-refractivity contribution in [3.05, 3.63) is 36.7 Å². The Bertz CT molecular complexity index is 870. The molecule has 1 saturated heterocycles. The molecule has 0 bridgehead atoms. The predicted molar refractivity (Wildman–Crippen MR) is 88.8 cm³/mol. The van der Waals surface area contributed by atoms with Gasteiger partial charge in [-0.15, -0.1) is 15.3 Å². The Balaban J connectivity index is 1.81. The van der Waals surface area contributed by atoms with Crippen molar-refractivity contribution in [2.75, 3.05) is 36.9 Å². The molecule has 2 N–H and O–H groups in total. The van der Waals surface area contributed by atoms with Gasteiger partial charge in [0, 0.05) is 13.1 Å². The van der Waals surface area contributed by atoms with Crippen LogP contribution in [0.15, 0.2) is 46.9 Å². The van der Waals surface area contributed by atoms with E-state index in [9.17, 15) is 0 Å². The van der Waals surface area contributed by atoms with Gasteiger partial charge in [-0.2, -0.15) is 10.1 Å². The topological polar surface area (TPSA) is 106 Å². The fourth-order valence-electron chi connectivity index (χ4n) is 2.55. The largest absolute Gasteiger partial charge is 0.383 e. The highest BCUT2D eigenvalue weighted by atomic mass is 16.5. The van der Waals surface area contributed by atoms with E-state index in [2.05, 4.69) is 30.3 Å². The Hall–Kier alpha value is -3.07. The molecule has 0 radical (unpaired) electrons. The molecule has 122 valence electrons. The molecule has 24 heavy (non-hydrogen) atoms. The third kappa shape index (κ3) is 2.65. The van der Waals surface area contributed by atoms with Crippen LogP contribution in [0, 0.1) is 0 Å². The SMILES string of the molecule is Nc1c(N=Nc2ccccc2)c(N2CCOCC2)nc2nncn12. The smallest absolute Gasteiger partial charge is 0.258 e. The molecule has 0 saturated carbocycles. The summed E-state index contributed by atoms with van der Waals surface area (Å²) in [7, 11) is 0. The first-order valence-corrected chi connectivity index (χ1v) is 7.61. The average Bonchev–Trinajstić information content (AvgIpc) is 3.11. The van der Waals surface area contributed by atoms with Crippen LogP contribution in [0.1, 0.15) is 0 Å². The molecule has 1 aliphatic heterocycles. The Morgan fingerprint density at radius 3 is 2.67 bits per heavy atom. The Labute approximate surface area is 137 Å². The highest BCUT2D eigenvalue weighted by Gasteiger charge is 2.21. The van der Waals surface area contributed by atoms with Crippen LogP contribution >= 0.6 is 0 Å². The maximum absolute atomic E-state index is 6.27. The van der Waals surface area contributed by atoms with Crippen LogP contribution in [-0.4, -0.2) is 45.9 Å². The molecule has 2 aromatic heterocycles. The molecule has 1 fully saturated rings. The number of aromatic nitrogens is 4. The number of benzene rings is 1. The van der Waals surface area contributed by atoms with Crippen LogP contribution in [0.2, 0.25) is 0 Å². The molecule has 0 unspecified atom stereocenters. The number of ether oxygens (including phenoxy) is 1. The van der Waals surface area contributed by atoms with Crippen LogP contribution in [-0.2, 0) is 4.74 Å². The maximum Gasteiger partial charge on any atom is 0.258 e. The minimum Gasteiger partial charge on any atom is -0.383 e. The van der Waals surface area contributed by atoms with E-state index in [0.29, 0.717) is 49.4 Å². The molecule has 1 aliphatic rings. The van der Waals surface area contributed by atoms with E-state index in [4.69, 9.17) is 10.5 Å². The molecule has 0 aliphatic carbocycles. The minimum absolute atomic E-state index is 0.408. The van der Waals surface area contributed by atoms with Crippen LogP contribution in [0.5, 0.6) is 0 Å². The Kier molecular flexibility index (Phi) is 3.75. The molecule has 3 heterocycles. The first-order chi connectivity index (χ1) is 11.8. The standard InChI is InChI=1S/C15H16N8O/c16-13-12(20-19-11-4-2-1-3-5-11)14(22-6-8-24-9-7-22)18-15-21-17-10-23(13)15/h1-5,10H,6-9,16H2. The summed E-state index contributed by atoms with van der Waals surface area (Å²) in [5.41, 5.74) is 7.52. The van der Waals surface area contributed by atoms with E-state index in [-0.39, 0.29) is 0 Å². The molecule has 0 spiro atoms. The van der Waals surface area contributed by atoms with E-state index in [0.717, 1.165) is 5.69 Å². The molecule has 3 aromatic rings. The number of anilines is 2. The van der Waals surface area contributed by atoms with Crippen molar-refractivity contribution in [1.29, 1.82) is 0 Å². The van der Waals surface area contributed by atoms with E-state index in [1.165, 1.54) is 6.33 Å². The number of nitrogens with zero attached hydrogens (tertiary/aromatic N) is 7. The zero-order valence-corrected chi connectivity index (χ0v) is 12.9. The number of nitrogen functional groups attached to an aromatic ring is 1. The number of hydrogen-bond acceptors (Lipinski definition) is 8. The predicted octanol–water partition coefficient (Wildman–Crippen LogP) is 1.96. The number of azo groups is 1. The van der Waals surface area contributed by atoms with Crippen LogP contribution in [0.25, 0.3) is 5.78 Å². The summed E-state index contributed by atoms with van der Waals surface area (Å²) in [4.78, 5) is 6.64. The van der Waals surface area contributed by atoms with Gasteiger partial charge in [-0.1, -0.05) is 18.2 Å². The first kappa shape index (κ1) is 14.5. The van der Waals surface area contributed by atoms with Crippen LogP contribution in [0.3, 0.4) is 0 Å². The number of fused-ring (bicyclic) bond motifs is 1. The van der Waals surface area contributed by atoms with Gasteiger partial charge >= 0.3 is 0 Å². The normalized spacial score (nSPS) is 15.4. The van der Waals surface area contributed by atoms with Crippen molar-refractivity contribution in [2.45, 2.75) is 0 Å². The fourth-order valence-corrected chi connectivity index (χ4v) is 2.55. The Morgan fingerprint density at radius 1 is 1.08 bits per heavy atom. The van der Waals surface area contributed by atoms with Crippen molar-refractivity contribution in [1.82, 2.24) is 19.6 Å². The molecule has 9 nitrogen and oxygen atoms in total. The number of rotatable bonds is 3. The molecule has 4 rings (SSSR count). The molecule has 9 heteroatoms. The van der Waals surface area contributed by atoms with Crippen molar-refractivity contribution in [2.24, 2.45) is 10.2 Å². The monoisotopic (exact) mass is 324 g/mol. The van der Waals surface area contributed by atoms with Gasteiger partial charge in [0.15, 0.2) is 11.5 Å². The molecule has 0 atom stereocenters. The lowest BCUT2D eigenvalue weighted by Crippen LogP contribution is -2.37. The van der Waals surface area contributed by atoms with Gasteiger partial charge in [0.05, 0.1) is 18.9 Å². The second-order valence-electron chi connectivity index (χ2n) is 5.31. The van der Waals surface area contributed by atoms with Gasteiger partial charge in [0.25, 0.3) is 5.78 Å². The third-order valence-corrected chi connectivity index (χ3v) is 3.78. The van der Waals surface area contributed by atoms with Gasteiger partial charge in [-0.25, -0.2) is 4.40 Å². The minimum atomic E-state index is 0.408. The number of hydrogen-bond donors (Lipinski definition) is 1. The second-order valence-corrected chi connectivity index (χ2v) is 5.31. The highest BCUT2D eigenvalue weighted by Crippen LogP contribution is 2.34. The van der Waals surface area contributed by atoms with Gasteiger partial charge in [0.2, 0.25) is 0 Å². The summed E-state index contributed by atoms with van der Waals surface area (Å²) in [6.45, 7) is 2.69. The highest BCUT2D eigenvalue weighted by molar-refractivity contribution is 5.76. The molecular weight excluding hydrogens is 308 g/mol. The lowest BCUT2D eigenvalue weighted by molar-refractivity contribution is 0.122. The summed E-state index contributed by atoms with van der Waals surface area (Å²) in [6.07, 6.45) is 1.52. The lowest BCUT2D eigenvalue weighted by atomic mass is 10.3. The van der Waals surface area contributed by atoms with Crippen molar-refractivity contribution in [3.63, 3.8) is 0 Å². The zero-order chi connectivity index (χ0) is 16.4. The fraction of sp³-hybridized carbons (Fsp3) is 0.267. The van der Waals surface area contributed by atoms with E-state index < -0.39 is 0 Å². The van der Waals surface area contributed by atoms with Gasteiger partial charge in [-0.05, 0) is 12.1 Å². The summed E-state index contributed by atoms with van der Waals surface area (Å²) in [6, 6.07) is 9.48. The van der Waals surface area contributed by atoms with E-state index in [1.807, 2.05) is 30.3 Å². The van der Waals surface area contributed by atoms with E-state index in [1.54, 1.807) is 4.40 Å². The van der Waals surface area contributed by atoms with Crippen molar-refractivity contribution < 1.29 is 4.74 Å². The number of nitrogens with two attached hydrogens (primary N) is 1. The first-order valence-electron chi connectivity index (χ1n) is 7.61. The second kappa shape index (κ2) is 6.20. The third-order valence-electron chi connectivity index (χ3n) is 3.78. The van der Waals surface area contributed by atoms with Gasteiger partial charge in [-0.3, -0.25) is 0 Å². The average molecular weight is 324 g/mol.